The molecule has 1 atom stereocenters. The summed E-state index contributed by atoms with van der Waals surface area (Å²) in [5.74, 6) is 0. The lowest BCUT2D eigenvalue weighted by molar-refractivity contribution is 0.135. The van der Waals surface area contributed by atoms with Crippen LogP contribution in [-0.2, 0) is 6.42 Å². The molecule has 132 valence electrons. The van der Waals surface area contributed by atoms with E-state index in [2.05, 4.69) is 20.5 Å². The molecule has 0 aliphatic carbocycles. The summed E-state index contributed by atoms with van der Waals surface area (Å²) in [5.41, 5.74) is 4.07. The molecule has 0 bridgehead atoms. The van der Waals surface area contributed by atoms with Crippen LogP contribution in [0.15, 0.2) is 54.9 Å². The van der Waals surface area contributed by atoms with E-state index in [4.69, 9.17) is 0 Å². The Labute approximate surface area is 150 Å². The molecule has 3 aromatic rings. The number of carbonyl (C=O) groups is 1. The van der Waals surface area contributed by atoms with Gasteiger partial charge in [0.2, 0.25) is 0 Å². The minimum atomic E-state index is -0.356. The molecule has 0 spiro atoms. The third kappa shape index (κ3) is 2.93. The maximum Gasteiger partial charge on any atom is 0.322 e. The van der Waals surface area contributed by atoms with Gasteiger partial charge in [-0.3, -0.25) is 10.1 Å². The molecule has 26 heavy (non-hydrogen) atoms. The predicted octanol–water partition coefficient (Wildman–Crippen LogP) is 2.60. The number of hydrogen-bond acceptors (Lipinski definition) is 4. The SMILES string of the molecule is O=C(Nc1cn[nH]c1-c1ccccn1)N1CCc2ccccc2C1CO. The predicted molar refractivity (Wildman–Crippen MR) is 97.5 cm³/mol. The molecular weight excluding hydrogens is 330 g/mol. The van der Waals surface area contributed by atoms with Crippen LogP contribution >= 0.6 is 0 Å². The Balaban J connectivity index is 1.57. The van der Waals surface area contributed by atoms with Crippen LogP contribution in [0.4, 0.5) is 10.5 Å². The summed E-state index contributed by atoms with van der Waals surface area (Å²) in [4.78, 5) is 18.8. The van der Waals surface area contributed by atoms with Gasteiger partial charge < -0.3 is 15.3 Å². The van der Waals surface area contributed by atoms with Crippen molar-refractivity contribution in [3.05, 3.63) is 66.0 Å². The number of pyridine rings is 1. The fourth-order valence-electron chi connectivity index (χ4n) is 3.37. The van der Waals surface area contributed by atoms with Crippen molar-refractivity contribution >= 4 is 11.7 Å². The standard InChI is InChI=1S/C19H19N5O2/c25-12-17-14-6-2-1-5-13(14)8-10-24(17)19(26)22-16-11-21-23-18(16)15-7-3-4-9-20-15/h1-7,9,11,17,25H,8,10,12H2,(H,21,23)(H,22,26). The van der Waals surface area contributed by atoms with E-state index in [1.54, 1.807) is 17.3 Å². The summed E-state index contributed by atoms with van der Waals surface area (Å²) >= 11 is 0. The number of aromatic amines is 1. The zero-order chi connectivity index (χ0) is 17.9. The highest BCUT2D eigenvalue weighted by atomic mass is 16.3. The minimum Gasteiger partial charge on any atom is -0.394 e. The molecule has 2 aromatic heterocycles. The molecule has 1 aromatic carbocycles. The number of benzene rings is 1. The van der Waals surface area contributed by atoms with Gasteiger partial charge in [0.1, 0.15) is 5.69 Å². The summed E-state index contributed by atoms with van der Waals surface area (Å²) in [6, 6.07) is 12.8. The average molecular weight is 349 g/mol. The van der Waals surface area contributed by atoms with Crippen molar-refractivity contribution < 1.29 is 9.90 Å². The van der Waals surface area contributed by atoms with Crippen molar-refractivity contribution in [1.29, 1.82) is 0 Å². The monoisotopic (exact) mass is 349 g/mol. The molecule has 0 saturated heterocycles. The Morgan fingerprint density at radius 3 is 2.92 bits per heavy atom. The van der Waals surface area contributed by atoms with Crippen LogP contribution in [0.5, 0.6) is 0 Å². The van der Waals surface area contributed by atoms with Crippen molar-refractivity contribution in [2.75, 3.05) is 18.5 Å². The van der Waals surface area contributed by atoms with Gasteiger partial charge in [0.15, 0.2) is 0 Å². The Morgan fingerprint density at radius 2 is 2.12 bits per heavy atom. The highest BCUT2D eigenvalue weighted by Gasteiger charge is 2.30. The van der Waals surface area contributed by atoms with Crippen molar-refractivity contribution in [3.8, 4) is 11.4 Å². The Hall–Kier alpha value is -3.19. The largest absolute Gasteiger partial charge is 0.394 e. The highest BCUT2D eigenvalue weighted by molar-refractivity contribution is 5.93. The molecule has 2 amide bonds. The first kappa shape index (κ1) is 16.3. The van der Waals surface area contributed by atoms with Crippen LogP contribution in [0.1, 0.15) is 17.2 Å². The number of aliphatic hydroxyl groups is 1. The van der Waals surface area contributed by atoms with E-state index < -0.39 is 0 Å². The third-order valence-corrected chi connectivity index (χ3v) is 4.65. The summed E-state index contributed by atoms with van der Waals surface area (Å²) in [7, 11) is 0. The van der Waals surface area contributed by atoms with Gasteiger partial charge in [-0.05, 0) is 29.7 Å². The molecule has 1 unspecified atom stereocenters. The lowest BCUT2D eigenvalue weighted by atomic mass is 9.93. The summed E-state index contributed by atoms with van der Waals surface area (Å²) in [6.45, 7) is 0.424. The zero-order valence-corrected chi connectivity index (χ0v) is 14.1. The first-order valence-electron chi connectivity index (χ1n) is 8.49. The van der Waals surface area contributed by atoms with E-state index in [1.165, 1.54) is 5.56 Å². The van der Waals surface area contributed by atoms with Gasteiger partial charge in [-0.2, -0.15) is 5.10 Å². The Bertz CT molecular complexity index is 909. The maximum absolute atomic E-state index is 12.9. The second-order valence-corrected chi connectivity index (χ2v) is 6.14. The number of H-pyrrole nitrogens is 1. The molecule has 1 aliphatic rings. The fraction of sp³-hybridized carbons (Fsp3) is 0.211. The third-order valence-electron chi connectivity index (χ3n) is 4.65. The first-order valence-corrected chi connectivity index (χ1v) is 8.49. The van der Waals surface area contributed by atoms with Gasteiger partial charge in [-0.25, -0.2) is 4.79 Å². The molecular formula is C19H19N5O2. The number of nitrogens with one attached hydrogen (secondary N) is 2. The molecule has 1 aliphatic heterocycles. The minimum absolute atomic E-state index is 0.122. The Morgan fingerprint density at radius 1 is 1.27 bits per heavy atom. The van der Waals surface area contributed by atoms with Crippen molar-refractivity contribution in [3.63, 3.8) is 0 Å². The van der Waals surface area contributed by atoms with Crippen LogP contribution in [0, 0.1) is 0 Å². The quantitative estimate of drug-likeness (QED) is 0.677. The zero-order valence-electron chi connectivity index (χ0n) is 14.1. The van der Waals surface area contributed by atoms with Crippen molar-refractivity contribution in [2.24, 2.45) is 0 Å². The van der Waals surface area contributed by atoms with Gasteiger partial charge in [0.25, 0.3) is 0 Å². The van der Waals surface area contributed by atoms with Crippen molar-refractivity contribution in [1.82, 2.24) is 20.1 Å². The number of urea groups is 1. The number of fused-ring (bicyclic) bond motifs is 1. The van der Waals surface area contributed by atoms with Crippen LogP contribution in [0.25, 0.3) is 11.4 Å². The molecule has 0 fully saturated rings. The smallest absolute Gasteiger partial charge is 0.322 e. The molecule has 3 heterocycles. The van der Waals surface area contributed by atoms with E-state index in [0.717, 1.165) is 12.0 Å². The van der Waals surface area contributed by atoms with E-state index in [-0.39, 0.29) is 18.7 Å². The summed E-state index contributed by atoms with van der Waals surface area (Å²) < 4.78 is 0. The first-order chi connectivity index (χ1) is 12.8. The summed E-state index contributed by atoms with van der Waals surface area (Å²) in [5, 5.41) is 19.7. The number of hydrogen-bond donors (Lipinski definition) is 3. The molecule has 3 N–H and O–H groups in total. The van der Waals surface area contributed by atoms with Gasteiger partial charge in [-0.15, -0.1) is 0 Å². The lowest BCUT2D eigenvalue weighted by Gasteiger charge is -2.36. The second kappa shape index (κ2) is 6.97. The fourth-order valence-corrected chi connectivity index (χ4v) is 3.37. The normalized spacial score (nSPS) is 16.2. The van der Waals surface area contributed by atoms with Gasteiger partial charge in [0.05, 0.1) is 30.2 Å². The van der Waals surface area contributed by atoms with E-state index in [1.807, 2.05) is 42.5 Å². The average Bonchev–Trinajstić information content (AvgIpc) is 3.15. The number of aromatic nitrogens is 3. The molecule has 7 heteroatoms. The van der Waals surface area contributed by atoms with Gasteiger partial charge in [-0.1, -0.05) is 30.3 Å². The maximum atomic E-state index is 12.9. The van der Waals surface area contributed by atoms with Crippen LogP contribution in [0.3, 0.4) is 0 Å². The number of nitrogens with zero attached hydrogens (tertiary/aromatic N) is 3. The van der Waals surface area contributed by atoms with Gasteiger partial charge in [0, 0.05) is 12.7 Å². The van der Waals surface area contributed by atoms with Crippen LogP contribution < -0.4 is 5.32 Å². The van der Waals surface area contributed by atoms with E-state index in [9.17, 15) is 9.90 Å². The van der Waals surface area contributed by atoms with Gasteiger partial charge >= 0.3 is 6.03 Å². The summed E-state index contributed by atoms with van der Waals surface area (Å²) in [6.07, 6.45) is 4.01. The molecule has 0 radical (unpaired) electrons. The number of aliphatic hydroxyl groups excluding tert-OH is 1. The van der Waals surface area contributed by atoms with Crippen molar-refractivity contribution in [2.45, 2.75) is 12.5 Å². The number of amides is 2. The number of carbonyl (C=O) groups excluding carboxylic acids is 1. The second-order valence-electron chi connectivity index (χ2n) is 6.14. The van der Waals surface area contributed by atoms with Crippen LogP contribution in [0.2, 0.25) is 0 Å². The molecule has 7 nitrogen and oxygen atoms in total. The Kier molecular flexibility index (Phi) is 4.37. The topological polar surface area (TPSA) is 94.1 Å². The van der Waals surface area contributed by atoms with E-state index >= 15 is 0 Å². The van der Waals surface area contributed by atoms with E-state index in [0.29, 0.717) is 23.6 Å². The molecule has 0 saturated carbocycles. The lowest BCUT2D eigenvalue weighted by Crippen LogP contribution is -2.43. The molecule has 4 rings (SSSR count). The number of anilines is 1. The number of rotatable bonds is 3. The van der Waals surface area contributed by atoms with Crippen LogP contribution in [-0.4, -0.2) is 44.4 Å². The highest BCUT2D eigenvalue weighted by Crippen LogP contribution is 2.30.